The van der Waals surface area contributed by atoms with Gasteiger partial charge in [0.15, 0.2) is 5.13 Å². The Kier molecular flexibility index (Phi) is 3.87. The van der Waals surface area contributed by atoms with E-state index in [4.69, 9.17) is 11.6 Å². The van der Waals surface area contributed by atoms with E-state index >= 15 is 0 Å². The zero-order valence-electron chi connectivity index (χ0n) is 9.08. The summed E-state index contributed by atoms with van der Waals surface area (Å²) in [5.74, 6) is 1.44. The van der Waals surface area contributed by atoms with Gasteiger partial charge < -0.3 is 4.90 Å². The molecule has 0 aliphatic heterocycles. The Morgan fingerprint density at radius 2 is 2.40 bits per heavy atom. The maximum atomic E-state index is 5.77. The van der Waals surface area contributed by atoms with Crippen molar-refractivity contribution in [2.75, 3.05) is 18.0 Å². The molecule has 0 N–H and O–H groups in total. The average molecular weight is 245 g/mol. The van der Waals surface area contributed by atoms with Crippen molar-refractivity contribution < 1.29 is 0 Å². The van der Waals surface area contributed by atoms with E-state index < -0.39 is 0 Å². The highest BCUT2D eigenvalue weighted by Crippen LogP contribution is 2.32. The number of nitrogens with zero attached hydrogens (tertiary/aromatic N) is 2. The van der Waals surface area contributed by atoms with Crippen molar-refractivity contribution in [3.63, 3.8) is 0 Å². The van der Waals surface area contributed by atoms with E-state index in [1.54, 1.807) is 11.3 Å². The van der Waals surface area contributed by atoms with Gasteiger partial charge in [-0.2, -0.15) is 0 Å². The average Bonchev–Trinajstić information content (AvgIpc) is 2.94. The number of aromatic nitrogens is 1. The first kappa shape index (κ1) is 11.2. The molecule has 1 saturated carbocycles. The number of halogens is 1. The molecule has 0 saturated heterocycles. The normalized spacial score (nSPS) is 15.6. The van der Waals surface area contributed by atoms with E-state index in [1.807, 2.05) is 0 Å². The first-order valence-corrected chi connectivity index (χ1v) is 7.00. The molecule has 2 rings (SSSR count). The minimum absolute atomic E-state index is 0.528. The summed E-state index contributed by atoms with van der Waals surface area (Å²) in [4.78, 5) is 6.96. The third-order valence-electron chi connectivity index (χ3n) is 2.62. The predicted octanol–water partition coefficient (Wildman–Crippen LogP) is 3.51. The monoisotopic (exact) mass is 244 g/mol. The lowest BCUT2D eigenvalue weighted by Gasteiger charge is -2.20. The molecule has 0 amide bonds. The predicted molar refractivity (Wildman–Crippen MR) is 66.9 cm³/mol. The summed E-state index contributed by atoms with van der Waals surface area (Å²) in [5, 5.41) is 3.22. The van der Waals surface area contributed by atoms with Gasteiger partial charge in [-0.3, -0.25) is 0 Å². The molecule has 0 unspecified atom stereocenters. The van der Waals surface area contributed by atoms with Gasteiger partial charge in [0.25, 0.3) is 0 Å². The lowest BCUT2D eigenvalue weighted by molar-refractivity contribution is 0.705. The lowest BCUT2D eigenvalue weighted by atomic mass is 10.3. The molecule has 0 radical (unpaired) electrons. The molecule has 4 heteroatoms. The van der Waals surface area contributed by atoms with Crippen molar-refractivity contribution in [2.24, 2.45) is 5.92 Å². The van der Waals surface area contributed by atoms with Gasteiger partial charge >= 0.3 is 0 Å². The minimum Gasteiger partial charge on any atom is -0.348 e. The van der Waals surface area contributed by atoms with Crippen LogP contribution in [0.25, 0.3) is 0 Å². The van der Waals surface area contributed by atoms with Crippen molar-refractivity contribution >= 4 is 28.1 Å². The van der Waals surface area contributed by atoms with Gasteiger partial charge in [-0.15, -0.1) is 22.9 Å². The number of hydrogen-bond donors (Lipinski definition) is 0. The number of thiazole rings is 1. The summed E-state index contributed by atoms with van der Waals surface area (Å²) < 4.78 is 0. The summed E-state index contributed by atoms with van der Waals surface area (Å²) in [6, 6.07) is 0. The third kappa shape index (κ3) is 3.08. The summed E-state index contributed by atoms with van der Waals surface area (Å²) in [5.41, 5.74) is 1.01. The van der Waals surface area contributed by atoms with E-state index in [9.17, 15) is 0 Å². The fourth-order valence-corrected chi connectivity index (χ4v) is 2.74. The number of rotatable bonds is 6. The minimum atomic E-state index is 0.528. The molecule has 2 nitrogen and oxygen atoms in total. The van der Waals surface area contributed by atoms with Crippen LogP contribution in [-0.2, 0) is 5.88 Å². The van der Waals surface area contributed by atoms with E-state index in [0.29, 0.717) is 5.88 Å². The van der Waals surface area contributed by atoms with Crippen LogP contribution in [0.5, 0.6) is 0 Å². The van der Waals surface area contributed by atoms with Crippen LogP contribution >= 0.6 is 22.9 Å². The van der Waals surface area contributed by atoms with Crippen LogP contribution in [0.1, 0.15) is 31.9 Å². The molecule has 1 fully saturated rings. The number of anilines is 1. The number of hydrogen-bond acceptors (Lipinski definition) is 3. The highest BCUT2D eigenvalue weighted by Gasteiger charge is 2.25. The zero-order chi connectivity index (χ0) is 10.7. The summed E-state index contributed by atoms with van der Waals surface area (Å²) in [6.07, 6.45) is 3.98. The van der Waals surface area contributed by atoms with Crippen LogP contribution in [0.15, 0.2) is 5.38 Å². The van der Waals surface area contributed by atoms with Crippen LogP contribution in [0.3, 0.4) is 0 Å². The Balaban J connectivity index is 2.00. The molecule has 84 valence electrons. The second-order valence-electron chi connectivity index (χ2n) is 4.14. The SMILES string of the molecule is CCCN(CC1CC1)c1nc(CCl)cs1. The van der Waals surface area contributed by atoms with E-state index in [1.165, 1.54) is 25.8 Å². The molecular formula is C11H17ClN2S. The second-order valence-corrected chi connectivity index (χ2v) is 5.25. The molecule has 0 bridgehead atoms. The van der Waals surface area contributed by atoms with Gasteiger partial charge in [-0.25, -0.2) is 4.98 Å². The largest absolute Gasteiger partial charge is 0.348 e. The topological polar surface area (TPSA) is 16.1 Å². The third-order valence-corrected chi connectivity index (χ3v) is 3.84. The maximum absolute atomic E-state index is 5.77. The Hall–Kier alpha value is -0.280. The Morgan fingerprint density at radius 1 is 1.60 bits per heavy atom. The first-order chi connectivity index (χ1) is 7.33. The van der Waals surface area contributed by atoms with Gasteiger partial charge in [-0.05, 0) is 25.2 Å². The highest BCUT2D eigenvalue weighted by molar-refractivity contribution is 7.13. The number of alkyl halides is 1. The molecule has 1 aromatic rings. The fraction of sp³-hybridized carbons (Fsp3) is 0.727. The summed E-state index contributed by atoms with van der Waals surface area (Å²) in [6.45, 7) is 4.52. The van der Waals surface area contributed by atoms with Gasteiger partial charge in [0, 0.05) is 18.5 Å². The summed E-state index contributed by atoms with van der Waals surface area (Å²) in [7, 11) is 0. The molecule has 15 heavy (non-hydrogen) atoms. The van der Waals surface area contributed by atoms with Crippen molar-refractivity contribution in [1.82, 2.24) is 4.98 Å². The molecule has 0 aromatic carbocycles. The van der Waals surface area contributed by atoms with E-state index in [0.717, 1.165) is 23.3 Å². The van der Waals surface area contributed by atoms with Gasteiger partial charge in [0.1, 0.15) is 0 Å². The fourth-order valence-electron chi connectivity index (χ4n) is 1.65. The molecule has 1 aliphatic carbocycles. The molecule has 1 aliphatic rings. The zero-order valence-corrected chi connectivity index (χ0v) is 10.7. The quantitative estimate of drug-likeness (QED) is 0.712. The molecular weight excluding hydrogens is 228 g/mol. The Bertz CT molecular complexity index is 309. The van der Waals surface area contributed by atoms with E-state index in [-0.39, 0.29) is 0 Å². The van der Waals surface area contributed by atoms with Crippen LogP contribution in [-0.4, -0.2) is 18.1 Å². The Labute approximate surface area is 100 Å². The van der Waals surface area contributed by atoms with Gasteiger partial charge in [0.05, 0.1) is 11.6 Å². The molecule has 0 spiro atoms. The summed E-state index contributed by atoms with van der Waals surface area (Å²) >= 11 is 7.49. The molecule has 0 atom stereocenters. The van der Waals surface area contributed by atoms with Gasteiger partial charge in [0.2, 0.25) is 0 Å². The van der Waals surface area contributed by atoms with Crippen molar-refractivity contribution in [1.29, 1.82) is 0 Å². The van der Waals surface area contributed by atoms with Crippen LogP contribution in [0.2, 0.25) is 0 Å². The lowest BCUT2D eigenvalue weighted by Crippen LogP contribution is -2.26. The molecule has 1 heterocycles. The van der Waals surface area contributed by atoms with Crippen LogP contribution in [0.4, 0.5) is 5.13 Å². The van der Waals surface area contributed by atoms with Crippen molar-refractivity contribution in [2.45, 2.75) is 32.1 Å². The van der Waals surface area contributed by atoms with Crippen LogP contribution in [0, 0.1) is 5.92 Å². The molecule has 1 aromatic heterocycles. The van der Waals surface area contributed by atoms with Gasteiger partial charge in [-0.1, -0.05) is 6.92 Å². The standard InChI is InChI=1S/C11H17ClN2S/c1-2-5-14(7-9-3-4-9)11-13-10(6-12)8-15-11/h8-9H,2-7H2,1H3. The van der Waals surface area contributed by atoms with Crippen molar-refractivity contribution in [3.8, 4) is 0 Å². The highest BCUT2D eigenvalue weighted by atomic mass is 35.5. The van der Waals surface area contributed by atoms with Crippen molar-refractivity contribution in [3.05, 3.63) is 11.1 Å². The smallest absolute Gasteiger partial charge is 0.185 e. The van der Waals surface area contributed by atoms with Crippen LogP contribution < -0.4 is 4.90 Å². The Morgan fingerprint density at radius 3 is 2.93 bits per heavy atom. The second kappa shape index (κ2) is 5.17. The van der Waals surface area contributed by atoms with E-state index in [2.05, 4.69) is 22.2 Å². The maximum Gasteiger partial charge on any atom is 0.185 e. The first-order valence-electron chi connectivity index (χ1n) is 5.58.